The Hall–Kier alpha value is -2.47. The molecule has 0 aliphatic rings. The Bertz CT molecular complexity index is 748. The van der Waals surface area contributed by atoms with E-state index in [2.05, 4.69) is 5.32 Å². The summed E-state index contributed by atoms with van der Waals surface area (Å²) in [5, 5.41) is 2.88. The van der Waals surface area contributed by atoms with E-state index in [-0.39, 0.29) is 12.0 Å². The molecule has 2 amide bonds. The van der Waals surface area contributed by atoms with Crippen molar-refractivity contribution in [1.82, 2.24) is 5.32 Å². The molecular weight excluding hydrogens is 338 g/mol. The number of amides is 2. The van der Waals surface area contributed by atoms with Gasteiger partial charge in [-0.2, -0.15) is 0 Å². The summed E-state index contributed by atoms with van der Waals surface area (Å²) in [7, 11) is 0. The number of nitrogens with two attached hydrogens (primary N) is 1. The number of primary amides is 1. The van der Waals surface area contributed by atoms with Gasteiger partial charge in [-0.25, -0.2) is 8.78 Å². The van der Waals surface area contributed by atoms with Crippen molar-refractivity contribution in [2.45, 2.75) is 18.9 Å². The third-order valence-corrected chi connectivity index (χ3v) is 3.64. The highest BCUT2D eigenvalue weighted by Gasteiger charge is 2.20. The van der Waals surface area contributed by atoms with Gasteiger partial charge in [0.1, 0.15) is 17.7 Å². The maximum Gasteiger partial charge on any atom is 0.240 e. The van der Waals surface area contributed by atoms with E-state index in [1.165, 1.54) is 6.07 Å². The molecule has 0 bridgehead atoms. The van der Waals surface area contributed by atoms with Gasteiger partial charge in [0.15, 0.2) is 0 Å². The first kappa shape index (κ1) is 17.9. The lowest BCUT2D eigenvalue weighted by Crippen LogP contribution is -2.46. The summed E-state index contributed by atoms with van der Waals surface area (Å²) < 4.78 is 27.1. The SMILES string of the molecule is NC(=O)[C@@H](Cc1cccc(Cl)c1)NC(=O)Cc1c(F)cccc1F. The molecule has 0 saturated heterocycles. The molecule has 0 fully saturated rings. The largest absolute Gasteiger partial charge is 0.368 e. The van der Waals surface area contributed by atoms with Crippen LogP contribution in [0.1, 0.15) is 11.1 Å². The van der Waals surface area contributed by atoms with Crippen LogP contribution in [0.25, 0.3) is 0 Å². The number of nitrogens with one attached hydrogen (secondary N) is 1. The minimum Gasteiger partial charge on any atom is -0.368 e. The average Bonchev–Trinajstić information content (AvgIpc) is 2.50. The number of benzene rings is 2. The Morgan fingerprint density at radius 3 is 2.33 bits per heavy atom. The summed E-state index contributed by atoms with van der Waals surface area (Å²) in [5.74, 6) is -3.10. The van der Waals surface area contributed by atoms with Gasteiger partial charge < -0.3 is 11.1 Å². The van der Waals surface area contributed by atoms with Gasteiger partial charge in [0.25, 0.3) is 0 Å². The predicted molar refractivity (Wildman–Crippen MR) is 86.3 cm³/mol. The first-order chi connectivity index (χ1) is 11.4. The minimum atomic E-state index is -1.01. The number of carbonyl (C=O) groups is 2. The third-order valence-electron chi connectivity index (χ3n) is 3.41. The molecule has 0 radical (unpaired) electrons. The molecule has 0 aliphatic heterocycles. The van der Waals surface area contributed by atoms with Gasteiger partial charge in [0.05, 0.1) is 6.42 Å². The molecule has 0 saturated carbocycles. The normalized spacial score (nSPS) is 11.8. The lowest BCUT2D eigenvalue weighted by atomic mass is 10.0. The van der Waals surface area contributed by atoms with Gasteiger partial charge in [0, 0.05) is 17.0 Å². The summed E-state index contributed by atoms with van der Waals surface area (Å²) >= 11 is 5.87. The van der Waals surface area contributed by atoms with E-state index in [9.17, 15) is 18.4 Å². The molecule has 4 nitrogen and oxygen atoms in total. The van der Waals surface area contributed by atoms with E-state index in [1.807, 2.05) is 0 Å². The maximum absolute atomic E-state index is 13.6. The standard InChI is InChI=1S/C17H15ClF2N2O2/c18-11-4-1-3-10(7-11)8-15(17(21)24)22-16(23)9-12-13(19)5-2-6-14(12)20/h1-7,15H,8-9H2,(H2,21,24)(H,22,23)/t15-/m1/s1. The Kier molecular flexibility index (Phi) is 5.87. The van der Waals surface area contributed by atoms with Crippen LogP contribution < -0.4 is 11.1 Å². The quantitative estimate of drug-likeness (QED) is 0.837. The molecule has 0 aromatic heterocycles. The minimum absolute atomic E-state index is 0.126. The summed E-state index contributed by atoms with van der Waals surface area (Å²) in [6.07, 6.45) is -0.404. The second kappa shape index (κ2) is 7.88. The summed E-state index contributed by atoms with van der Waals surface area (Å²) in [5.41, 5.74) is 5.63. The van der Waals surface area contributed by atoms with Gasteiger partial charge in [-0.15, -0.1) is 0 Å². The maximum atomic E-state index is 13.6. The van der Waals surface area contributed by atoms with E-state index in [1.54, 1.807) is 24.3 Å². The van der Waals surface area contributed by atoms with Crippen LogP contribution in [0, 0.1) is 11.6 Å². The van der Waals surface area contributed by atoms with Crippen molar-refractivity contribution in [3.05, 3.63) is 70.2 Å². The zero-order valence-electron chi connectivity index (χ0n) is 12.6. The fourth-order valence-electron chi connectivity index (χ4n) is 2.23. The van der Waals surface area contributed by atoms with Crippen LogP contribution in [0.15, 0.2) is 42.5 Å². The Balaban J connectivity index is 2.07. The van der Waals surface area contributed by atoms with E-state index >= 15 is 0 Å². The predicted octanol–water partition coefficient (Wildman–Crippen LogP) is 2.37. The lowest BCUT2D eigenvalue weighted by molar-refractivity contribution is -0.127. The monoisotopic (exact) mass is 352 g/mol. The van der Waals surface area contributed by atoms with E-state index in [0.717, 1.165) is 12.1 Å². The van der Waals surface area contributed by atoms with E-state index < -0.39 is 35.9 Å². The highest BCUT2D eigenvalue weighted by Crippen LogP contribution is 2.14. The highest BCUT2D eigenvalue weighted by molar-refractivity contribution is 6.30. The zero-order valence-corrected chi connectivity index (χ0v) is 13.3. The molecule has 2 aromatic carbocycles. The first-order valence-electron chi connectivity index (χ1n) is 7.13. The molecule has 2 aromatic rings. The second-order valence-electron chi connectivity index (χ2n) is 5.23. The van der Waals surface area contributed by atoms with Gasteiger partial charge in [-0.3, -0.25) is 9.59 Å². The van der Waals surface area contributed by atoms with Crippen LogP contribution >= 0.6 is 11.6 Å². The van der Waals surface area contributed by atoms with Crippen molar-refractivity contribution < 1.29 is 18.4 Å². The van der Waals surface area contributed by atoms with Crippen LogP contribution in [0.2, 0.25) is 5.02 Å². The Labute approximate surface area is 142 Å². The van der Waals surface area contributed by atoms with E-state index in [4.69, 9.17) is 17.3 Å². The van der Waals surface area contributed by atoms with Gasteiger partial charge >= 0.3 is 0 Å². The second-order valence-corrected chi connectivity index (χ2v) is 5.67. The van der Waals surface area contributed by atoms with Crippen molar-refractivity contribution in [2.24, 2.45) is 5.73 Å². The summed E-state index contributed by atoms with van der Waals surface area (Å²) in [6.45, 7) is 0. The Morgan fingerprint density at radius 2 is 1.75 bits per heavy atom. The van der Waals surface area contributed by atoms with Crippen molar-refractivity contribution in [3.8, 4) is 0 Å². The van der Waals surface area contributed by atoms with Gasteiger partial charge in [0.2, 0.25) is 11.8 Å². The summed E-state index contributed by atoms with van der Waals surface area (Å²) in [4.78, 5) is 23.5. The number of hydrogen-bond acceptors (Lipinski definition) is 2. The fraction of sp³-hybridized carbons (Fsp3) is 0.176. The number of rotatable bonds is 6. The molecular formula is C17H15ClF2N2O2. The molecule has 1 atom stereocenters. The first-order valence-corrected chi connectivity index (χ1v) is 7.50. The Morgan fingerprint density at radius 1 is 1.12 bits per heavy atom. The average molecular weight is 353 g/mol. The number of carbonyl (C=O) groups excluding carboxylic acids is 2. The zero-order chi connectivity index (χ0) is 17.7. The van der Waals surface area contributed by atoms with Crippen molar-refractivity contribution >= 4 is 23.4 Å². The molecule has 0 unspecified atom stereocenters. The topological polar surface area (TPSA) is 72.2 Å². The smallest absolute Gasteiger partial charge is 0.240 e. The molecule has 126 valence electrons. The molecule has 2 rings (SSSR count). The lowest BCUT2D eigenvalue weighted by Gasteiger charge is -2.16. The van der Waals surface area contributed by atoms with Crippen LogP contribution in [0.4, 0.5) is 8.78 Å². The summed E-state index contributed by atoms with van der Waals surface area (Å²) in [6, 6.07) is 9.05. The molecule has 7 heteroatoms. The number of hydrogen-bond donors (Lipinski definition) is 2. The molecule has 3 N–H and O–H groups in total. The molecule has 0 heterocycles. The van der Waals surface area contributed by atoms with Crippen LogP contribution in [0.5, 0.6) is 0 Å². The third kappa shape index (κ3) is 4.76. The van der Waals surface area contributed by atoms with Gasteiger partial charge in [-0.05, 0) is 29.8 Å². The van der Waals surface area contributed by atoms with Crippen molar-refractivity contribution in [2.75, 3.05) is 0 Å². The molecule has 0 spiro atoms. The highest BCUT2D eigenvalue weighted by atomic mass is 35.5. The van der Waals surface area contributed by atoms with Crippen LogP contribution in [-0.4, -0.2) is 17.9 Å². The molecule has 0 aliphatic carbocycles. The van der Waals surface area contributed by atoms with Crippen LogP contribution in [-0.2, 0) is 22.4 Å². The number of halogens is 3. The molecule has 24 heavy (non-hydrogen) atoms. The van der Waals surface area contributed by atoms with Crippen molar-refractivity contribution in [1.29, 1.82) is 0 Å². The van der Waals surface area contributed by atoms with Crippen molar-refractivity contribution in [3.63, 3.8) is 0 Å². The van der Waals surface area contributed by atoms with Crippen LogP contribution in [0.3, 0.4) is 0 Å². The van der Waals surface area contributed by atoms with E-state index in [0.29, 0.717) is 10.6 Å². The fourth-order valence-corrected chi connectivity index (χ4v) is 2.44. The van der Waals surface area contributed by atoms with Gasteiger partial charge in [-0.1, -0.05) is 29.8 Å².